The highest BCUT2D eigenvalue weighted by Gasteiger charge is 2.15. The molecule has 0 fully saturated rings. The molecule has 2 rings (SSSR count). The molecule has 0 aliphatic rings. The summed E-state index contributed by atoms with van der Waals surface area (Å²) in [5.74, 6) is 0. The summed E-state index contributed by atoms with van der Waals surface area (Å²) in [6, 6.07) is 2.10. The third-order valence-electron chi connectivity index (χ3n) is 2.87. The molecular formula is C13H20N4O2S2. The van der Waals surface area contributed by atoms with E-state index in [1.807, 2.05) is 0 Å². The third-order valence-corrected chi connectivity index (χ3v) is 5.39. The molecule has 0 saturated heterocycles. The van der Waals surface area contributed by atoms with Crippen LogP contribution >= 0.6 is 11.3 Å². The first-order valence-corrected chi connectivity index (χ1v) is 9.11. The summed E-state index contributed by atoms with van der Waals surface area (Å²) in [5.41, 5.74) is 0.907. The van der Waals surface area contributed by atoms with E-state index in [1.54, 1.807) is 24.0 Å². The van der Waals surface area contributed by atoms with E-state index >= 15 is 0 Å². The van der Waals surface area contributed by atoms with Gasteiger partial charge < -0.3 is 10.3 Å². The number of sulfonamides is 1. The van der Waals surface area contributed by atoms with E-state index in [0.717, 1.165) is 10.6 Å². The second-order valence-electron chi connectivity index (χ2n) is 5.01. The summed E-state index contributed by atoms with van der Waals surface area (Å²) in [5, 5.41) is 4.95. The first kappa shape index (κ1) is 16.2. The van der Waals surface area contributed by atoms with Crippen molar-refractivity contribution in [3.63, 3.8) is 0 Å². The van der Waals surface area contributed by atoms with Crippen molar-refractivity contribution in [2.75, 3.05) is 6.54 Å². The topological polar surface area (TPSA) is 86.9 Å². The van der Waals surface area contributed by atoms with Gasteiger partial charge >= 0.3 is 0 Å². The SMILES string of the molecule is CC(C)NCc1cc(S(=O)(=O)NCCc2cnc[nH]2)cs1. The van der Waals surface area contributed by atoms with Crippen LogP contribution < -0.4 is 10.0 Å². The molecule has 0 aliphatic heterocycles. The van der Waals surface area contributed by atoms with Gasteiger partial charge in [0.1, 0.15) is 0 Å². The predicted molar refractivity (Wildman–Crippen MR) is 83.8 cm³/mol. The Kier molecular flexibility index (Phi) is 5.51. The average molecular weight is 328 g/mol. The van der Waals surface area contributed by atoms with Gasteiger partial charge in [0.2, 0.25) is 10.0 Å². The lowest BCUT2D eigenvalue weighted by Crippen LogP contribution is -2.25. The van der Waals surface area contributed by atoms with Crippen molar-refractivity contribution in [1.82, 2.24) is 20.0 Å². The number of thiophene rings is 1. The van der Waals surface area contributed by atoms with Gasteiger partial charge in [-0.25, -0.2) is 18.1 Å². The van der Waals surface area contributed by atoms with E-state index < -0.39 is 10.0 Å². The first-order chi connectivity index (χ1) is 9.97. The Labute approximate surface area is 129 Å². The van der Waals surface area contributed by atoms with Gasteiger partial charge in [0.05, 0.1) is 11.2 Å². The lowest BCUT2D eigenvalue weighted by molar-refractivity contribution is 0.581. The fourth-order valence-electron chi connectivity index (χ4n) is 1.72. The summed E-state index contributed by atoms with van der Waals surface area (Å²) >= 11 is 1.45. The Bertz CT molecular complexity index is 648. The second-order valence-corrected chi connectivity index (χ2v) is 7.77. The van der Waals surface area contributed by atoms with Crippen molar-refractivity contribution < 1.29 is 8.42 Å². The predicted octanol–water partition coefficient (Wildman–Crippen LogP) is 1.49. The van der Waals surface area contributed by atoms with Crippen molar-refractivity contribution in [2.24, 2.45) is 0 Å². The molecule has 0 aliphatic carbocycles. The minimum absolute atomic E-state index is 0.331. The molecular weight excluding hydrogens is 308 g/mol. The summed E-state index contributed by atoms with van der Waals surface area (Å²) < 4.78 is 26.9. The summed E-state index contributed by atoms with van der Waals surface area (Å²) in [4.78, 5) is 8.18. The third kappa shape index (κ3) is 4.92. The van der Waals surface area contributed by atoms with Crippen LogP contribution in [0.15, 0.2) is 28.9 Å². The van der Waals surface area contributed by atoms with E-state index in [2.05, 4.69) is 33.9 Å². The van der Waals surface area contributed by atoms with Gasteiger partial charge in [-0.05, 0) is 6.07 Å². The summed E-state index contributed by atoms with van der Waals surface area (Å²) in [6.45, 7) is 5.15. The maximum Gasteiger partial charge on any atom is 0.241 e. The summed E-state index contributed by atoms with van der Waals surface area (Å²) in [6.07, 6.45) is 3.86. The van der Waals surface area contributed by atoms with Gasteiger partial charge in [0.25, 0.3) is 0 Å². The Morgan fingerprint density at radius 3 is 2.90 bits per heavy atom. The van der Waals surface area contributed by atoms with E-state index in [9.17, 15) is 8.42 Å². The Hall–Kier alpha value is -1.22. The molecule has 0 unspecified atom stereocenters. The standard InChI is InChI=1S/C13H20N4O2S2/c1-10(2)15-7-12-5-13(8-20-12)21(18,19)17-4-3-11-6-14-9-16-11/h5-6,8-10,15,17H,3-4,7H2,1-2H3,(H,14,16). The van der Waals surface area contributed by atoms with Crippen LogP contribution in [0.4, 0.5) is 0 Å². The highest BCUT2D eigenvalue weighted by molar-refractivity contribution is 7.89. The largest absolute Gasteiger partial charge is 0.348 e. The average Bonchev–Trinajstić information content (AvgIpc) is 3.07. The molecule has 3 N–H and O–H groups in total. The number of H-pyrrole nitrogens is 1. The van der Waals surface area contributed by atoms with Crippen LogP contribution in [0.3, 0.4) is 0 Å². The van der Waals surface area contributed by atoms with Crippen molar-refractivity contribution in [3.8, 4) is 0 Å². The van der Waals surface area contributed by atoms with Crippen LogP contribution in [0.25, 0.3) is 0 Å². The highest BCUT2D eigenvalue weighted by atomic mass is 32.2. The fourth-order valence-corrected chi connectivity index (χ4v) is 3.98. The molecule has 2 aromatic rings. The van der Waals surface area contributed by atoms with E-state index in [0.29, 0.717) is 30.4 Å². The molecule has 0 spiro atoms. The number of imidazole rings is 1. The number of nitrogens with one attached hydrogen (secondary N) is 3. The molecule has 2 aromatic heterocycles. The molecule has 116 valence electrons. The van der Waals surface area contributed by atoms with E-state index in [1.165, 1.54) is 11.3 Å². The van der Waals surface area contributed by atoms with Crippen LogP contribution in [0.2, 0.25) is 0 Å². The molecule has 2 heterocycles. The van der Waals surface area contributed by atoms with Gasteiger partial charge in [-0.2, -0.15) is 0 Å². The number of hydrogen-bond donors (Lipinski definition) is 3. The number of aromatic amines is 1. The van der Waals surface area contributed by atoms with E-state index in [4.69, 9.17) is 0 Å². The minimum Gasteiger partial charge on any atom is -0.348 e. The zero-order valence-corrected chi connectivity index (χ0v) is 13.7. The molecule has 8 heteroatoms. The van der Waals surface area contributed by atoms with Gasteiger partial charge in [-0.15, -0.1) is 11.3 Å². The molecule has 0 aromatic carbocycles. The van der Waals surface area contributed by atoms with Crippen molar-refractivity contribution in [3.05, 3.63) is 34.5 Å². The van der Waals surface area contributed by atoms with Crippen LogP contribution in [-0.4, -0.2) is 31.0 Å². The molecule has 21 heavy (non-hydrogen) atoms. The van der Waals surface area contributed by atoms with Crippen LogP contribution in [0.5, 0.6) is 0 Å². The van der Waals surface area contributed by atoms with Gasteiger partial charge in [0, 0.05) is 47.7 Å². The lowest BCUT2D eigenvalue weighted by Gasteiger charge is -2.05. The molecule has 0 amide bonds. The van der Waals surface area contributed by atoms with Crippen molar-refractivity contribution in [1.29, 1.82) is 0 Å². The Balaban J connectivity index is 1.89. The monoisotopic (exact) mass is 328 g/mol. The number of aromatic nitrogens is 2. The highest BCUT2D eigenvalue weighted by Crippen LogP contribution is 2.19. The molecule has 0 saturated carbocycles. The second kappa shape index (κ2) is 7.17. The van der Waals surface area contributed by atoms with Gasteiger partial charge in [-0.1, -0.05) is 13.8 Å². The minimum atomic E-state index is -3.43. The van der Waals surface area contributed by atoms with Gasteiger partial charge in [0.15, 0.2) is 0 Å². The fraction of sp³-hybridized carbons (Fsp3) is 0.462. The zero-order valence-electron chi connectivity index (χ0n) is 12.1. The van der Waals surface area contributed by atoms with Crippen molar-refractivity contribution >= 4 is 21.4 Å². The maximum absolute atomic E-state index is 12.2. The van der Waals surface area contributed by atoms with Crippen molar-refractivity contribution in [2.45, 2.75) is 37.8 Å². The molecule has 0 atom stereocenters. The quantitative estimate of drug-likeness (QED) is 0.685. The maximum atomic E-state index is 12.2. The molecule has 0 radical (unpaired) electrons. The number of nitrogens with zero attached hydrogens (tertiary/aromatic N) is 1. The molecule has 0 bridgehead atoms. The summed E-state index contributed by atoms with van der Waals surface area (Å²) in [7, 11) is -3.43. The molecule has 6 nitrogen and oxygen atoms in total. The van der Waals surface area contributed by atoms with Crippen LogP contribution in [0.1, 0.15) is 24.4 Å². The number of rotatable bonds is 8. The van der Waals surface area contributed by atoms with E-state index in [-0.39, 0.29) is 0 Å². The Morgan fingerprint density at radius 1 is 1.43 bits per heavy atom. The normalized spacial score (nSPS) is 12.1. The van der Waals surface area contributed by atoms with Crippen LogP contribution in [-0.2, 0) is 23.0 Å². The number of hydrogen-bond acceptors (Lipinski definition) is 5. The smallest absolute Gasteiger partial charge is 0.241 e. The Morgan fingerprint density at radius 2 is 2.24 bits per heavy atom. The lowest BCUT2D eigenvalue weighted by atomic mass is 10.3. The van der Waals surface area contributed by atoms with Crippen LogP contribution in [0, 0.1) is 0 Å². The first-order valence-electron chi connectivity index (χ1n) is 6.75. The van der Waals surface area contributed by atoms with Gasteiger partial charge in [-0.3, -0.25) is 0 Å². The zero-order chi connectivity index (χ0) is 15.3.